The Hall–Kier alpha value is -3.09. The first-order valence-corrected chi connectivity index (χ1v) is 10.4. The third kappa shape index (κ3) is 5.28. The Morgan fingerprint density at radius 1 is 1.20 bits per heavy atom. The van der Waals surface area contributed by atoms with Crippen molar-refractivity contribution in [3.63, 3.8) is 0 Å². The molecule has 1 unspecified atom stereocenters. The van der Waals surface area contributed by atoms with Crippen LogP contribution in [0.15, 0.2) is 35.3 Å². The number of phenols is 1. The fourth-order valence-electron chi connectivity index (χ4n) is 3.43. The van der Waals surface area contributed by atoms with Gasteiger partial charge >= 0.3 is 0 Å². The van der Waals surface area contributed by atoms with E-state index < -0.39 is 0 Å². The van der Waals surface area contributed by atoms with Crippen molar-refractivity contribution in [1.82, 2.24) is 10.6 Å². The largest absolute Gasteiger partial charge is 0.504 e. The molecule has 1 atom stereocenters. The first-order valence-electron chi connectivity index (χ1n) is 10.4. The van der Waals surface area contributed by atoms with E-state index in [1.807, 2.05) is 19.9 Å². The molecule has 1 aliphatic heterocycles. The van der Waals surface area contributed by atoms with Crippen LogP contribution in [-0.4, -0.2) is 37.4 Å². The molecule has 3 N–H and O–H groups in total. The molecule has 0 fully saturated rings. The van der Waals surface area contributed by atoms with Crippen molar-refractivity contribution >= 4 is 5.96 Å². The van der Waals surface area contributed by atoms with Crippen LogP contribution in [0.2, 0.25) is 0 Å². The molecule has 1 aliphatic rings. The van der Waals surface area contributed by atoms with Gasteiger partial charge in [-0.05, 0) is 50.6 Å². The number of aromatic hydroxyl groups is 1. The monoisotopic (exact) mass is 413 g/mol. The minimum absolute atomic E-state index is 0.108. The number of hydrogen-bond acceptors (Lipinski definition) is 5. The molecule has 1 heterocycles. The number of fused-ring (bicyclic) bond motifs is 1. The Kier molecular flexibility index (Phi) is 7.27. The summed E-state index contributed by atoms with van der Waals surface area (Å²) in [5.41, 5.74) is 3.10. The molecular weight excluding hydrogens is 382 g/mol. The first kappa shape index (κ1) is 21.6. The van der Waals surface area contributed by atoms with Gasteiger partial charge in [0, 0.05) is 30.6 Å². The van der Waals surface area contributed by atoms with Crippen LogP contribution in [0.4, 0.5) is 0 Å². The minimum atomic E-state index is 0.108. The zero-order valence-electron chi connectivity index (χ0n) is 18.1. The molecule has 7 nitrogen and oxygen atoms in total. The smallest absolute Gasteiger partial charge is 0.191 e. The lowest BCUT2D eigenvalue weighted by Crippen LogP contribution is -2.36. The predicted octanol–water partition coefficient (Wildman–Crippen LogP) is 3.38. The van der Waals surface area contributed by atoms with Crippen molar-refractivity contribution in [2.75, 3.05) is 20.3 Å². The maximum absolute atomic E-state index is 9.96. The maximum Gasteiger partial charge on any atom is 0.191 e. The number of guanidine groups is 1. The summed E-state index contributed by atoms with van der Waals surface area (Å²) in [5.74, 6) is 3.04. The predicted molar refractivity (Wildman–Crippen MR) is 118 cm³/mol. The van der Waals surface area contributed by atoms with Crippen LogP contribution in [0.25, 0.3) is 0 Å². The second-order valence-corrected chi connectivity index (χ2v) is 7.19. The van der Waals surface area contributed by atoms with Gasteiger partial charge in [0.05, 0.1) is 20.3 Å². The van der Waals surface area contributed by atoms with Crippen LogP contribution < -0.4 is 24.8 Å². The van der Waals surface area contributed by atoms with Gasteiger partial charge in [0.15, 0.2) is 17.5 Å². The van der Waals surface area contributed by atoms with Crippen molar-refractivity contribution in [3.05, 3.63) is 47.0 Å². The molecule has 3 rings (SSSR count). The van der Waals surface area contributed by atoms with Crippen LogP contribution in [0.5, 0.6) is 23.0 Å². The molecule has 0 amide bonds. The number of ether oxygens (including phenoxy) is 3. The highest BCUT2D eigenvalue weighted by Crippen LogP contribution is 2.35. The lowest BCUT2D eigenvalue weighted by Gasteiger charge is -2.15. The van der Waals surface area contributed by atoms with E-state index in [0.717, 1.165) is 35.6 Å². The molecule has 30 heavy (non-hydrogen) atoms. The Bertz CT molecular complexity index is 898. The molecule has 0 bridgehead atoms. The molecule has 2 aromatic rings. The van der Waals surface area contributed by atoms with E-state index in [1.54, 1.807) is 12.1 Å². The molecule has 0 aromatic heterocycles. The van der Waals surface area contributed by atoms with Gasteiger partial charge in [-0.25, -0.2) is 4.99 Å². The van der Waals surface area contributed by atoms with Crippen LogP contribution in [0, 0.1) is 0 Å². The fraction of sp³-hybridized carbons (Fsp3) is 0.435. The van der Waals surface area contributed by atoms with Gasteiger partial charge in [0.2, 0.25) is 0 Å². The number of hydrogen-bond donors (Lipinski definition) is 3. The maximum atomic E-state index is 9.96. The Morgan fingerprint density at radius 2 is 2.03 bits per heavy atom. The zero-order chi connectivity index (χ0) is 21.5. The normalized spacial score (nSPS) is 15.3. The number of nitrogens with zero attached hydrogens (tertiary/aromatic N) is 1. The summed E-state index contributed by atoms with van der Waals surface area (Å²) >= 11 is 0. The quantitative estimate of drug-likeness (QED) is 0.455. The SMILES string of the molecule is CCNC(=NCc1ccc(OC)c(O)c1)NCc1cc2c(cc1OCC)CC(C)O2. The minimum Gasteiger partial charge on any atom is -0.504 e. The summed E-state index contributed by atoms with van der Waals surface area (Å²) in [4.78, 5) is 4.63. The third-order valence-electron chi connectivity index (χ3n) is 4.83. The Balaban J connectivity index is 1.72. The van der Waals surface area contributed by atoms with Gasteiger partial charge in [-0.1, -0.05) is 6.07 Å². The van der Waals surface area contributed by atoms with Gasteiger partial charge in [0.25, 0.3) is 0 Å². The molecule has 0 radical (unpaired) electrons. The van der Waals surface area contributed by atoms with Crippen molar-refractivity contribution in [3.8, 4) is 23.0 Å². The van der Waals surface area contributed by atoms with Crippen molar-refractivity contribution in [2.45, 2.75) is 46.4 Å². The van der Waals surface area contributed by atoms with Crippen molar-refractivity contribution < 1.29 is 19.3 Å². The van der Waals surface area contributed by atoms with Crippen LogP contribution >= 0.6 is 0 Å². The Morgan fingerprint density at radius 3 is 2.73 bits per heavy atom. The van der Waals surface area contributed by atoms with Gasteiger partial charge < -0.3 is 30.0 Å². The third-order valence-corrected chi connectivity index (χ3v) is 4.83. The summed E-state index contributed by atoms with van der Waals surface area (Å²) in [6, 6.07) is 9.43. The van der Waals surface area contributed by atoms with Crippen LogP contribution in [0.1, 0.15) is 37.5 Å². The van der Waals surface area contributed by atoms with Gasteiger partial charge in [-0.3, -0.25) is 0 Å². The number of nitrogens with one attached hydrogen (secondary N) is 2. The second kappa shape index (κ2) is 10.1. The van der Waals surface area contributed by atoms with Crippen LogP contribution in [0.3, 0.4) is 0 Å². The molecule has 2 aromatic carbocycles. The standard InChI is InChI=1S/C23H31N3O4/c1-5-24-23(25-13-16-7-8-20(28-4)19(27)10-16)26-14-18-12-22-17(9-15(3)30-22)11-21(18)29-6-2/h7-8,10-12,15,27H,5-6,9,13-14H2,1-4H3,(H2,24,25,26). The van der Waals surface area contributed by atoms with Gasteiger partial charge in [0.1, 0.15) is 17.6 Å². The van der Waals surface area contributed by atoms with Crippen molar-refractivity contribution in [2.24, 2.45) is 4.99 Å². The lowest BCUT2D eigenvalue weighted by molar-refractivity contribution is 0.254. The molecule has 0 aliphatic carbocycles. The number of methoxy groups -OCH3 is 1. The van der Waals surface area contributed by atoms with E-state index in [9.17, 15) is 5.11 Å². The van der Waals surface area contributed by atoms with E-state index in [4.69, 9.17) is 14.2 Å². The summed E-state index contributed by atoms with van der Waals surface area (Å²) < 4.78 is 16.9. The lowest BCUT2D eigenvalue weighted by atomic mass is 10.1. The highest BCUT2D eigenvalue weighted by Gasteiger charge is 2.21. The fourth-order valence-corrected chi connectivity index (χ4v) is 3.43. The summed E-state index contributed by atoms with van der Waals surface area (Å²) in [6.45, 7) is 8.41. The van der Waals surface area contributed by atoms with Gasteiger partial charge in [-0.15, -0.1) is 0 Å². The highest BCUT2D eigenvalue weighted by atomic mass is 16.5. The Labute approximate surface area is 178 Å². The van der Waals surface area contributed by atoms with E-state index in [2.05, 4.69) is 34.7 Å². The second-order valence-electron chi connectivity index (χ2n) is 7.19. The van der Waals surface area contributed by atoms with E-state index in [0.29, 0.717) is 31.4 Å². The molecule has 0 saturated heterocycles. The average molecular weight is 414 g/mol. The molecule has 7 heteroatoms. The summed E-state index contributed by atoms with van der Waals surface area (Å²) in [5, 5.41) is 16.6. The van der Waals surface area contributed by atoms with Gasteiger partial charge in [-0.2, -0.15) is 0 Å². The molecule has 0 saturated carbocycles. The molecular formula is C23H31N3O4. The summed E-state index contributed by atoms with van der Waals surface area (Å²) in [6.07, 6.45) is 1.10. The number of benzene rings is 2. The van der Waals surface area contributed by atoms with Crippen LogP contribution in [-0.2, 0) is 19.5 Å². The highest BCUT2D eigenvalue weighted by molar-refractivity contribution is 5.79. The van der Waals surface area contributed by atoms with Crippen molar-refractivity contribution in [1.29, 1.82) is 0 Å². The van der Waals surface area contributed by atoms with E-state index >= 15 is 0 Å². The average Bonchev–Trinajstić information content (AvgIpc) is 3.09. The zero-order valence-corrected chi connectivity index (χ0v) is 18.1. The summed E-state index contributed by atoms with van der Waals surface area (Å²) in [7, 11) is 1.53. The van der Waals surface area contributed by atoms with E-state index in [1.165, 1.54) is 12.7 Å². The first-order chi connectivity index (χ1) is 14.5. The number of rotatable bonds is 8. The molecule has 162 valence electrons. The number of aliphatic imine (C=N–C) groups is 1. The topological polar surface area (TPSA) is 84.3 Å². The molecule has 0 spiro atoms. The number of phenolic OH excluding ortho intramolecular Hbond substituents is 1. The van der Waals surface area contributed by atoms with E-state index in [-0.39, 0.29) is 11.9 Å².